The molecular weight excluding hydrogens is 198 g/mol. The van der Waals surface area contributed by atoms with Crippen LogP contribution in [0, 0.1) is 0 Å². The van der Waals surface area contributed by atoms with E-state index in [-0.39, 0.29) is 5.78 Å². The van der Waals surface area contributed by atoms with Gasteiger partial charge in [-0.25, -0.2) is 0 Å². The molecule has 1 aliphatic rings. The SMILES string of the molecule is CC(=O)c1cccc(N)c1C1CCCCC1. The average molecular weight is 217 g/mol. The summed E-state index contributed by atoms with van der Waals surface area (Å²) in [5, 5.41) is 0. The van der Waals surface area contributed by atoms with Crippen molar-refractivity contribution in [3.8, 4) is 0 Å². The highest BCUT2D eigenvalue weighted by atomic mass is 16.1. The minimum Gasteiger partial charge on any atom is -0.398 e. The maximum Gasteiger partial charge on any atom is 0.160 e. The number of anilines is 1. The summed E-state index contributed by atoms with van der Waals surface area (Å²) in [4.78, 5) is 11.6. The first-order chi connectivity index (χ1) is 7.70. The number of carbonyl (C=O) groups is 1. The van der Waals surface area contributed by atoms with Crippen molar-refractivity contribution < 1.29 is 4.79 Å². The predicted octanol–water partition coefficient (Wildman–Crippen LogP) is 3.52. The molecular formula is C14H19NO. The molecule has 1 fully saturated rings. The van der Waals surface area contributed by atoms with E-state index >= 15 is 0 Å². The summed E-state index contributed by atoms with van der Waals surface area (Å²) in [6.45, 7) is 1.63. The molecule has 0 radical (unpaired) electrons. The monoisotopic (exact) mass is 217 g/mol. The minimum absolute atomic E-state index is 0.132. The van der Waals surface area contributed by atoms with Crippen LogP contribution in [-0.2, 0) is 0 Å². The highest BCUT2D eigenvalue weighted by molar-refractivity contribution is 5.97. The molecule has 0 bridgehead atoms. The minimum atomic E-state index is 0.132. The van der Waals surface area contributed by atoms with Crippen LogP contribution in [0.15, 0.2) is 18.2 Å². The Morgan fingerprint density at radius 2 is 1.94 bits per heavy atom. The second-order valence-corrected chi connectivity index (χ2v) is 4.70. The summed E-state index contributed by atoms with van der Waals surface area (Å²) >= 11 is 0. The molecule has 2 rings (SSSR count). The van der Waals surface area contributed by atoms with Crippen molar-refractivity contribution in [2.75, 3.05) is 5.73 Å². The van der Waals surface area contributed by atoms with Gasteiger partial charge < -0.3 is 5.73 Å². The molecule has 86 valence electrons. The van der Waals surface area contributed by atoms with Crippen molar-refractivity contribution >= 4 is 11.5 Å². The normalized spacial score (nSPS) is 17.3. The van der Waals surface area contributed by atoms with Gasteiger partial charge in [0.1, 0.15) is 0 Å². The molecule has 1 aliphatic carbocycles. The first-order valence-electron chi connectivity index (χ1n) is 6.09. The van der Waals surface area contributed by atoms with Gasteiger partial charge in [-0.2, -0.15) is 0 Å². The molecule has 0 unspecified atom stereocenters. The summed E-state index contributed by atoms with van der Waals surface area (Å²) < 4.78 is 0. The van der Waals surface area contributed by atoms with E-state index in [1.807, 2.05) is 18.2 Å². The van der Waals surface area contributed by atoms with Crippen molar-refractivity contribution in [2.45, 2.75) is 44.9 Å². The van der Waals surface area contributed by atoms with Gasteiger partial charge in [0.2, 0.25) is 0 Å². The quantitative estimate of drug-likeness (QED) is 0.608. The van der Waals surface area contributed by atoms with Crippen LogP contribution in [0.4, 0.5) is 5.69 Å². The Morgan fingerprint density at radius 1 is 1.25 bits per heavy atom. The maximum absolute atomic E-state index is 11.6. The molecule has 0 amide bonds. The third-order valence-electron chi connectivity index (χ3n) is 3.53. The fraction of sp³-hybridized carbons (Fsp3) is 0.500. The third kappa shape index (κ3) is 2.11. The lowest BCUT2D eigenvalue weighted by Gasteiger charge is -2.25. The van der Waals surface area contributed by atoms with Gasteiger partial charge in [0.05, 0.1) is 0 Å². The number of nitrogen functional groups attached to an aromatic ring is 1. The van der Waals surface area contributed by atoms with Crippen LogP contribution < -0.4 is 5.73 Å². The fourth-order valence-electron chi connectivity index (χ4n) is 2.74. The zero-order valence-electron chi connectivity index (χ0n) is 9.83. The molecule has 0 aliphatic heterocycles. The average Bonchev–Trinajstić information content (AvgIpc) is 2.29. The van der Waals surface area contributed by atoms with Crippen molar-refractivity contribution in [1.29, 1.82) is 0 Å². The number of nitrogens with two attached hydrogens (primary N) is 1. The number of ketones is 1. The Balaban J connectivity index is 2.40. The summed E-state index contributed by atoms with van der Waals surface area (Å²) in [5.41, 5.74) is 8.76. The Bertz CT molecular complexity index is 392. The summed E-state index contributed by atoms with van der Waals surface area (Å²) in [6.07, 6.45) is 6.19. The lowest BCUT2D eigenvalue weighted by Crippen LogP contribution is -2.12. The van der Waals surface area contributed by atoms with Crippen LogP contribution in [0.5, 0.6) is 0 Å². The lowest BCUT2D eigenvalue weighted by atomic mass is 9.80. The van der Waals surface area contributed by atoms with Gasteiger partial charge in [0.15, 0.2) is 5.78 Å². The topological polar surface area (TPSA) is 43.1 Å². The number of benzene rings is 1. The van der Waals surface area contributed by atoms with Gasteiger partial charge in [0, 0.05) is 11.3 Å². The van der Waals surface area contributed by atoms with E-state index in [2.05, 4.69) is 0 Å². The Kier molecular flexibility index (Phi) is 3.28. The van der Waals surface area contributed by atoms with Gasteiger partial charge >= 0.3 is 0 Å². The van der Waals surface area contributed by atoms with Gasteiger partial charge in [-0.05, 0) is 37.3 Å². The lowest BCUT2D eigenvalue weighted by molar-refractivity contribution is 0.101. The Hall–Kier alpha value is -1.31. The van der Waals surface area contributed by atoms with Crippen LogP contribution in [0.2, 0.25) is 0 Å². The van der Waals surface area contributed by atoms with E-state index in [1.165, 1.54) is 32.1 Å². The molecule has 1 saturated carbocycles. The molecule has 1 aromatic carbocycles. The van der Waals surface area contributed by atoms with Gasteiger partial charge in [-0.1, -0.05) is 31.4 Å². The van der Waals surface area contributed by atoms with Crippen LogP contribution >= 0.6 is 0 Å². The molecule has 0 atom stereocenters. The van der Waals surface area contributed by atoms with Gasteiger partial charge in [0.25, 0.3) is 0 Å². The Morgan fingerprint density at radius 3 is 2.56 bits per heavy atom. The molecule has 0 spiro atoms. The van der Waals surface area contributed by atoms with Crippen molar-refractivity contribution in [1.82, 2.24) is 0 Å². The van der Waals surface area contributed by atoms with E-state index < -0.39 is 0 Å². The predicted molar refractivity (Wildman–Crippen MR) is 66.7 cm³/mol. The molecule has 0 heterocycles. The summed E-state index contributed by atoms with van der Waals surface area (Å²) in [6, 6.07) is 5.69. The first kappa shape index (κ1) is 11.2. The van der Waals surface area contributed by atoms with E-state index in [0.29, 0.717) is 5.92 Å². The highest BCUT2D eigenvalue weighted by Crippen LogP contribution is 2.37. The third-order valence-corrected chi connectivity index (χ3v) is 3.53. The van der Waals surface area contributed by atoms with Crippen molar-refractivity contribution in [3.63, 3.8) is 0 Å². The zero-order chi connectivity index (χ0) is 11.5. The van der Waals surface area contributed by atoms with Crippen LogP contribution in [0.3, 0.4) is 0 Å². The van der Waals surface area contributed by atoms with Crippen LogP contribution in [0.25, 0.3) is 0 Å². The number of hydrogen-bond donors (Lipinski definition) is 1. The second kappa shape index (κ2) is 4.69. The van der Waals surface area contributed by atoms with Gasteiger partial charge in [-0.3, -0.25) is 4.79 Å². The summed E-state index contributed by atoms with van der Waals surface area (Å²) in [5.74, 6) is 0.627. The largest absolute Gasteiger partial charge is 0.398 e. The summed E-state index contributed by atoms with van der Waals surface area (Å²) in [7, 11) is 0. The van der Waals surface area contributed by atoms with Crippen molar-refractivity contribution in [2.24, 2.45) is 0 Å². The number of hydrogen-bond acceptors (Lipinski definition) is 2. The number of rotatable bonds is 2. The number of carbonyl (C=O) groups excluding carboxylic acids is 1. The molecule has 1 aromatic rings. The molecule has 16 heavy (non-hydrogen) atoms. The van der Waals surface area contributed by atoms with Crippen LogP contribution in [-0.4, -0.2) is 5.78 Å². The number of Topliss-reactive ketones (excluding diaryl/α,β-unsaturated/α-hetero) is 1. The van der Waals surface area contributed by atoms with E-state index in [9.17, 15) is 4.79 Å². The molecule has 2 nitrogen and oxygen atoms in total. The first-order valence-corrected chi connectivity index (χ1v) is 6.09. The zero-order valence-corrected chi connectivity index (χ0v) is 9.83. The molecule has 0 saturated heterocycles. The fourth-order valence-corrected chi connectivity index (χ4v) is 2.74. The van der Waals surface area contributed by atoms with E-state index in [4.69, 9.17) is 5.73 Å². The second-order valence-electron chi connectivity index (χ2n) is 4.70. The van der Waals surface area contributed by atoms with E-state index in [0.717, 1.165) is 16.8 Å². The molecule has 2 heteroatoms. The van der Waals surface area contributed by atoms with Crippen LogP contribution in [0.1, 0.15) is 60.9 Å². The standard InChI is InChI=1S/C14H19NO/c1-10(16)12-8-5-9-13(15)14(12)11-6-3-2-4-7-11/h5,8-9,11H,2-4,6-7,15H2,1H3. The highest BCUT2D eigenvalue weighted by Gasteiger charge is 2.21. The molecule has 2 N–H and O–H groups in total. The van der Waals surface area contributed by atoms with E-state index in [1.54, 1.807) is 6.92 Å². The molecule has 0 aromatic heterocycles. The Labute approximate surface area is 96.8 Å². The smallest absolute Gasteiger partial charge is 0.160 e. The maximum atomic E-state index is 11.6. The van der Waals surface area contributed by atoms with Crippen molar-refractivity contribution in [3.05, 3.63) is 29.3 Å². The van der Waals surface area contributed by atoms with Gasteiger partial charge in [-0.15, -0.1) is 0 Å².